The molecule has 4 rings (SSSR count). The molecule has 0 aliphatic rings. The number of aromatic nitrogens is 2. The van der Waals surface area contributed by atoms with E-state index in [1.54, 1.807) is 30.7 Å². The van der Waals surface area contributed by atoms with E-state index in [0.717, 1.165) is 22.1 Å². The Morgan fingerprint density at radius 1 is 1.24 bits per heavy atom. The highest BCUT2D eigenvalue weighted by Crippen LogP contribution is 2.28. The van der Waals surface area contributed by atoms with Crippen LogP contribution in [0.3, 0.4) is 0 Å². The van der Waals surface area contributed by atoms with Gasteiger partial charge in [-0.15, -0.1) is 0 Å². The van der Waals surface area contributed by atoms with E-state index in [2.05, 4.69) is 15.3 Å². The summed E-state index contributed by atoms with van der Waals surface area (Å²) in [5.41, 5.74) is 3.82. The van der Waals surface area contributed by atoms with Gasteiger partial charge >= 0.3 is 0 Å². The number of H-pyrrole nitrogens is 1. The number of carbonyl (C=O) groups excluding carboxylic acids is 1. The summed E-state index contributed by atoms with van der Waals surface area (Å²) in [7, 11) is 0. The minimum Gasteiger partial charge on any atom is -0.472 e. The van der Waals surface area contributed by atoms with Crippen molar-refractivity contribution in [1.29, 1.82) is 0 Å². The van der Waals surface area contributed by atoms with Crippen molar-refractivity contribution >= 4 is 16.9 Å². The number of fused-ring (bicyclic) bond motifs is 1. The summed E-state index contributed by atoms with van der Waals surface area (Å²) in [6.45, 7) is 0.318. The first kappa shape index (κ1) is 15.1. The molecule has 0 saturated heterocycles. The fourth-order valence-corrected chi connectivity index (χ4v) is 2.67. The lowest BCUT2D eigenvalue weighted by Gasteiger charge is -2.06. The Labute approximate surface area is 142 Å². The van der Waals surface area contributed by atoms with E-state index < -0.39 is 0 Å². The molecule has 25 heavy (non-hydrogen) atoms. The number of hydrogen-bond donors (Lipinski definition) is 2. The molecule has 3 aromatic heterocycles. The van der Waals surface area contributed by atoms with Gasteiger partial charge in [-0.1, -0.05) is 12.1 Å². The van der Waals surface area contributed by atoms with Crippen LogP contribution in [0.4, 0.5) is 4.39 Å². The number of furan rings is 1. The number of hydrogen-bond acceptors (Lipinski definition) is 3. The second kappa shape index (κ2) is 6.24. The average Bonchev–Trinajstić information content (AvgIpc) is 3.29. The molecule has 5 nitrogen and oxygen atoms in total. The number of nitrogens with one attached hydrogen (secondary N) is 2. The number of carbonyl (C=O) groups is 1. The number of nitrogens with zero attached hydrogens (tertiary/aromatic N) is 1. The molecule has 1 aromatic carbocycles. The molecule has 0 radical (unpaired) electrons. The highest BCUT2D eigenvalue weighted by Gasteiger charge is 2.12. The van der Waals surface area contributed by atoms with Crippen molar-refractivity contribution in [2.24, 2.45) is 0 Å². The molecule has 124 valence electrons. The molecule has 1 amide bonds. The highest BCUT2D eigenvalue weighted by atomic mass is 19.1. The van der Waals surface area contributed by atoms with Crippen molar-refractivity contribution in [3.8, 4) is 11.1 Å². The second-order valence-electron chi connectivity index (χ2n) is 5.64. The number of aromatic amines is 1. The van der Waals surface area contributed by atoms with E-state index in [1.807, 2.05) is 12.3 Å². The van der Waals surface area contributed by atoms with Gasteiger partial charge in [0.05, 0.1) is 18.1 Å². The van der Waals surface area contributed by atoms with Crippen LogP contribution >= 0.6 is 0 Å². The van der Waals surface area contributed by atoms with Gasteiger partial charge in [-0.05, 0) is 29.8 Å². The third kappa shape index (κ3) is 3.01. The maximum absolute atomic E-state index is 12.9. The second-order valence-corrected chi connectivity index (χ2v) is 5.64. The largest absolute Gasteiger partial charge is 0.472 e. The topological polar surface area (TPSA) is 70.9 Å². The zero-order valence-corrected chi connectivity index (χ0v) is 13.1. The molecular weight excluding hydrogens is 321 g/mol. The van der Waals surface area contributed by atoms with Crippen LogP contribution in [-0.2, 0) is 6.54 Å². The molecule has 0 bridgehead atoms. The quantitative estimate of drug-likeness (QED) is 0.594. The Bertz CT molecular complexity index is 1020. The summed E-state index contributed by atoms with van der Waals surface area (Å²) in [6, 6.07) is 9.66. The first-order valence-corrected chi connectivity index (χ1v) is 7.73. The lowest BCUT2D eigenvalue weighted by Crippen LogP contribution is -2.22. The Hall–Kier alpha value is -3.41. The summed E-state index contributed by atoms with van der Waals surface area (Å²) in [6.07, 6.45) is 6.60. The van der Waals surface area contributed by atoms with Crippen LogP contribution in [0, 0.1) is 5.82 Å². The van der Waals surface area contributed by atoms with Gasteiger partial charge < -0.3 is 14.7 Å². The fraction of sp³-hybridized carbons (Fsp3) is 0.0526. The maximum Gasteiger partial charge on any atom is 0.253 e. The van der Waals surface area contributed by atoms with Gasteiger partial charge in [0.25, 0.3) is 5.91 Å². The molecule has 0 saturated carbocycles. The summed E-state index contributed by atoms with van der Waals surface area (Å²) >= 11 is 0. The van der Waals surface area contributed by atoms with Gasteiger partial charge in [0.1, 0.15) is 11.5 Å². The zero-order valence-electron chi connectivity index (χ0n) is 13.1. The highest BCUT2D eigenvalue weighted by molar-refractivity contribution is 6.00. The van der Waals surface area contributed by atoms with Crippen LogP contribution < -0.4 is 5.32 Å². The first-order chi connectivity index (χ1) is 12.2. The maximum atomic E-state index is 12.9. The normalized spacial score (nSPS) is 10.9. The predicted molar refractivity (Wildman–Crippen MR) is 91.4 cm³/mol. The Morgan fingerprint density at radius 2 is 2.08 bits per heavy atom. The van der Waals surface area contributed by atoms with Crippen LogP contribution in [0.1, 0.15) is 15.9 Å². The van der Waals surface area contributed by atoms with E-state index in [4.69, 9.17) is 4.42 Å². The van der Waals surface area contributed by atoms with Crippen molar-refractivity contribution in [2.45, 2.75) is 6.54 Å². The van der Waals surface area contributed by atoms with Crippen molar-refractivity contribution in [3.63, 3.8) is 0 Å². The minimum atomic E-state index is -0.302. The van der Waals surface area contributed by atoms with E-state index in [9.17, 15) is 9.18 Å². The number of benzene rings is 1. The van der Waals surface area contributed by atoms with E-state index in [1.165, 1.54) is 18.3 Å². The Morgan fingerprint density at radius 3 is 2.84 bits per heavy atom. The van der Waals surface area contributed by atoms with Crippen LogP contribution in [0.5, 0.6) is 0 Å². The molecule has 4 aromatic rings. The van der Waals surface area contributed by atoms with E-state index in [0.29, 0.717) is 17.8 Å². The predicted octanol–water partition coefficient (Wildman–Crippen LogP) is 3.89. The molecule has 0 aliphatic heterocycles. The van der Waals surface area contributed by atoms with Gasteiger partial charge in [0.15, 0.2) is 0 Å². The van der Waals surface area contributed by atoms with Crippen molar-refractivity contribution in [3.05, 3.63) is 78.3 Å². The summed E-state index contributed by atoms with van der Waals surface area (Å²) in [4.78, 5) is 19.8. The summed E-state index contributed by atoms with van der Waals surface area (Å²) < 4.78 is 18.0. The molecule has 6 heteroatoms. The number of halogens is 1. The molecule has 0 unspecified atom stereocenters. The number of pyridine rings is 1. The van der Waals surface area contributed by atoms with Crippen molar-refractivity contribution < 1.29 is 13.6 Å². The van der Waals surface area contributed by atoms with Gasteiger partial charge in [-0.2, -0.15) is 0 Å². The third-order valence-corrected chi connectivity index (χ3v) is 3.99. The van der Waals surface area contributed by atoms with Gasteiger partial charge in [0, 0.05) is 35.5 Å². The molecule has 0 atom stereocenters. The van der Waals surface area contributed by atoms with E-state index >= 15 is 0 Å². The van der Waals surface area contributed by atoms with E-state index in [-0.39, 0.29) is 11.7 Å². The van der Waals surface area contributed by atoms with Crippen molar-refractivity contribution in [1.82, 2.24) is 15.3 Å². The lowest BCUT2D eigenvalue weighted by atomic mass is 10.1. The van der Waals surface area contributed by atoms with Crippen molar-refractivity contribution in [2.75, 3.05) is 0 Å². The third-order valence-electron chi connectivity index (χ3n) is 3.99. The monoisotopic (exact) mass is 335 g/mol. The lowest BCUT2D eigenvalue weighted by molar-refractivity contribution is 0.0950. The fourth-order valence-electron chi connectivity index (χ4n) is 2.67. The number of amides is 1. The molecule has 3 heterocycles. The van der Waals surface area contributed by atoms with Gasteiger partial charge in [-0.3, -0.25) is 4.79 Å². The SMILES string of the molecule is O=C(NCc1ccc(F)cc1)c1cnc2[nH]cc(-c3ccoc3)c2c1. The first-order valence-electron chi connectivity index (χ1n) is 7.73. The van der Waals surface area contributed by atoms with Gasteiger partial charge in [-0.25, -0.2) is 9.37 Å². The molecule has 0 spiro atoms. The summed E-state index contributed by atoms with van der Waals surface area (Å²) in [5, 5.41) is 3.66. The number of rotatable bonds is 4. The smallest absolute Gasteiger partial charge is 0.253 e. The molecule has 0 fully saturated rings. The summed E-state index contributed by atoms with van der Waals surface area (Å²) in [5.74, 6) is -0.540. The zero-order chi connectivity index (χ0) is 17.2. The standard InChI is InChI=1S/C19H14FN3O2/c20-15-3-1-12(2-4-15)8-23-19(24)14-7-16-17(13-5-6-25-11-13)10-22-18(16)21-9-14/h1-7,9-11H,8H2,(H,21,22)(H,23,24). The van der Waals surface area contributed by atoms with Gasteiger partial charge in [0.2, 0.25) is 0 Å². The minimum absolute atomic E-state index is 0.238. The van der Waals surface area contributed by atoms with Crippen LogP contribution in [0.25, 0.3) is 22.2 Å². The molecule has 2 N–H and O–H groups in total. The van der Waals surface area contributed by atoms with Crippen LogP contribution in [0.2, 0.25) is 0 Å². The Balaban J connectivity index is 1.57. The molecule has 0 aliphatic carbocycles. The van der Waals surface area contributed by atoms with Crippen LogP contribution in [0.15, 0.2) is 65.7 Å². The molecular formula is C19H14FN3O2. The Kier molecular flexibility index (Phi) is 3.78. The average molecular weight is 335 g/mol. The van der Waals surface area contributed by atoms with Crippen LogP contribution in [-0.4, -0.2) is 15.9 Å².